The van der Waals surface area contributed by atoms with Gasteiger partial charge in [-0.1, -0.05) is 0 Å². The average Bonchev–Trinajstić information content (AvgIpc) is 2.25. The molecule has 1 aromatic carbocycles. The Labute approximate surface area is 97.4 Å². The highest BCUT2D eigenvalue weighted by atomic mass is 17.2. The van der Waals surface area contributed by atoms with Gasteiger partial charge in [-0.3, -0.25) is 14.3 Å². The van der Waals surface area contributed by atoms with Crippen molar-refractivity contribution in [2.75, 3.05) is 21.1 Å². The van der Waals surface area contributed by atoms with Crippen LogP contribution in [-0.4, -0.2) is 21.1 Å². The number of hydrogen-bond acceptors (Lipinski definition) is 2. The van der Waals surface area contributed by atoms with Crippen molar-refractivity contribution in [3.63, 3.8) is 0 Å². The van der Waals surface area contributed by atoms with E-state index in [-0.39, 0.29) is 0 Å². The molecule has 0 bridgehead atoms. The van der Waals surface area contributed by atoms with Gasteiger partial charge in [-0.15, -0.1) is 0 Å². The second kappa shape index (κ2) is 5.03. The van der Waals surface area contributed by atoms with Crippen molar-refractivity contribution in [2.45, 2.75) is 13.8 Å². The maximum Gasteiger partial charge on any atom is 0.179 e. The van der Waals surface area contributed by atoms with E-state index in [0.29, 0.717) is 11.5 Å². The number of nitrogens with zero attached hydrogens (tertiary/aromatic N) is 1. The highest BCUT2D eigenvalue weighted by molar-refractivity contribution is 5.44. The number of benzene rings is 1. The monoisotopic (exact) mass is 221 g/mol. The number of quaternary nitrogens is 1. The van der Waals surface area contributed by atoms with E-state index in [1.807, 2.05) is 24.3 Å². The molecular weight excluding hydrogens is 202 g/mol. The Kier molecular flexibility index (Phi) is 3.96. The lowest BCUT2D eigenvalue weighted by Crippen LogP contribution is -2.34. The molecule has 0 N–H and O–H groups in total. The van der Waals surface area contributed by atoms with Crippen LogP contribution in [0.15, 0.2) is 30.0 Å². The van der Waals surface area contributed by atoms with E-state index in [1.54, 1.807) is 13.8 Å². The summed E-state index contributed by atoms with van der Waals surface area (Å²) in [6.45, 7) is 3.57. The van der Waals surface area contributed by atoms with Gasteiger partial charge in [-0.25, -0.2) is 0 Å². The quantitative estimate of drug-likeness (QED) is 0.337. The maximum atomic E-state index is 5.12. The first-order valence-corrected chi connectivity index (χ1v) is 5.21. The second-order valence-electron chi connectivity index (χ2n) is 4.48. The second-order valence-corrected chi connectivity index (χ2v) is 4.48. The molecule has 1 radical (unpaired) electrons. The summed E-state index contributed by atoms with van der Waals surface area (Å²) in [7, 11) is 6.35. The summed E-state index contributed by atoms with van der Waals surface area (Å²) in [6.07, 6.45) is 2.84. The molecule has 3 nitrogen and oxygen atoms in total. The van der Waals surface area contributed by atoms with Gasteiger partial charge in [0.1, 0.15) is 5.69 Å². The van der Waals surface area contributed by atoms with Gasteiger partial charge in [0.15, 0.2) is 11.5 Å². The van der Waals surface area contributed by atoms with Crippen molar-refractivity contribution >= 4 is 5.69 Å². The largest absolute Gasteiger partial charge is 0.298 e. The van der Waals surface area contributed by atoms with Gasteiger partial charge in [-0.05, 0) is 32.1 Å². The van der Waals surface area contributed by atoms with Crippen molar-refractivity contribution in [2.24, 2.45) is 0 Å². The molecule has 0 saturated heterocycles. The Bertz CT molecular complexity index is 361. The molecule has 0 aliphatic carbocycles. The van der Waals surface area contributed by atoms with E-state index in [9.17, 15) is 0 Å². The zero-order valence-electron chi connectivity index (χ0n) is 10.6. The van der Waals surface area contributed by atoms with Gasteiger partial charge in [0.2, 0.25) is 0 Å². The molecule has 0 saturated carbocycles. The SMILES string of the molecule is C[C]=C(C)OOc1ccc([N+](C)(C)C)cc1. The molecule has 0 aromatic heterocycles. The van der Waals surface area contributed by atoms with Crippen LogP contribution in [0.2, 0.25) is 0 Å². The molecule has 0 spiro atoms. The fourth-order valence-electron chi connectivity index (χ4n) is 1.10. The molecule has 1 rings (SSSR count). The maximum absolute atomic E-state index is 5.12. The summed E-state index contributed by atoms with van der Waals surface area (Å²) in [5.74, 6) is 1.31. The van der Waals surface area contributed by atoms with Gasteiger partial charge >= 0.3 is 0 Å². The Morgan fingerprint density at radius 3 is 2.12 bits per heavy atom. The highest BCUT2D eigenvalue weighted by Gasteiger charge is 2.11. The molecule has 0 unspecified atom stereocenters. The molecule has 0 amide bonds. The molecule has 0 aliphatic heterocycles. The summed E-state index contributed by atoms with van der Waals surface area (Å²) >= 11 is 0. The third-order valence-corrected chi connectivity index (χ3v) is 2.23. The normalized spacial score (nSPS) is 12.4. The Morgan fingerprint density at radius 1 is 1.12 bits per heavy atom. The minimum atomic E-state index is 0.621. The number of hydrogen-bond donors (Lipinski definition) is 0. The van der Waals surface area contributed by atoms with Crippen molar-refractivity contribution in [1.29, 1.82) is 0 Å². The molecule has 87 valence electrons. The Balaban J connectivity index is 2.65. The van der Waals surface area contributed by atoms with Gasteiger partial charge < -0.3 is 0 Å². The predicted molar refractivity (Wildman–Crippen MR) is 65.8 cm³/mol. The third kappa shape index (κ3) is 3.59. The van der Waals surface area contributed by atoms with Crippen LogP contribution < -0.4 is 9.37 Å². The minimum Gasteiger partial charge on any atom is -0.298 e. The smallest absolute Gasteiger partial charge is 0.179 e. The van der Waals surface area contributed by atoms with Crippen LogP contribution in [0.5, 0.6) is 5.75 Å². The Hall–Kier alpha value is -1.48. The van der Waals surface area contributed by atoms with Gasteiger partial charge in [0, 0.05) is 12.1 Å². The van der Waals surface area contributed by atoms with Crippen LogP contribution >= 0.6 is 0 Å². The zero-order valence-corrected chi connectivity index (χ0v) is 10.6. The first-order chi connectivity index (χ1) is 7.43. The molecule has 0 aliphatic rings. The summed E-state index contributed by atoms with van der Waals surface area (Å²) < 4.78 is 0.781. The van der Waals surface area contributed by atoms with E-state index in [2.05, 4.69) is 27.2 Å². The molecule has 3 heteroatoms. The zero-order chi connectivity index (χ0) is 12.2. The molecule has 1 aromatic rings. The van der Waals surface area contributed by atoms with Crippen LogP contribution in [0, 0.1) is 6.08 Å². The minimum absolute atomic E-state index is 0.621. The molecule has 16 heavy (non-hydrogen) atoms. The standard InChI is InChI=1S/C13H19NO2/c1-6-11(2)15-16-13-9-7-12(8-10-13)14(3,4)5/h7-10H,1-5H3/q+1. The van der Waals surface area contributed by atoms with E-state index < -0.39 is 0 Å². The van der Waals surface area contributed by atoms with E-state index in [4.69, 9.17) is 9.78 Å². The van der Waals surface area contributed by atoms with Crippen LogP contribution in [0.4, 0.5) is 5.69 Å². The van der Waals surface area contributed by atoms with Crippen molar-refractivity contribution in [3.05, 3.63) is 36.1 Å². The van der Waals surface area contributed by atoms with Gasteiger partial charge in [0.05, 0.1) is 21.1 Å². The lowest BCUT2D eigenvalue weighted by Gasteiger charge is -2.23. The molecule has 0 heterocycles. The molecular formula is C13H19NO2+. The summed E-state index contributed by atoms with van der Waals surface area (Å²) in [5.41, 5.74) is 1.21. The highest BCUT2D eigenvalue weighted by Crippen LogP contribution is 2.21. The van der Waals surface area contributed by atoms with Crippen LogP contribution in [0.1, 0.15) is 13.8 Å². The van der Waals surface area contributed by atoms with Crippen LogP contribution in [0.25, 0.3) is 0 Å². The first kappa shape index (κ1) is 12.6. The fourth-order valence-corrected chi connectivity index (χ4v) is 1.10. The summed E-state index contributed by atoms with van der Waals surface area (Å²) in [6, 6.07) is 7.82. The van der Waals surface area contributed by atoms with Crippen LogP contribution in [-0.2, 0) is 4.89 Å². The number of allylic oxidation sites excluding steroid dienone is 2. The van der Waals surface area contributed by atoms with Crippen LogP contribution in [0.3, 0.4) is 0 Å². The summed E-state index contributed by atoms with van der Waals surface area (Å²) in [4.78, 5) is 10.1. The van der Waals surface area contributed by atoms with Gasteiger partial charge in [-0.2, -0.15) is 0 Å². The first-order valence-electron chi connectivity index (χ1n) is 5.21. The fraction of sp³-hybridized carbons (Fsp3) is 0.385. The van der Waals surface area contributed by atoms with E-state index >= 15 is 0 Å². The predicted octanol–water partition coefficient (Wildman–Crippen LogP) is 2.92. The molecule has 0 atom stereocenters. The number of rotatable bonds is 4. The Morgan fingerprint density at radius 2 is 1.69 bits per heavy atom. The van der Waals surface area contributed by atoms with E-state index in [1.165, 1.54) is 5.69 Å². The third-order valence-electron chi connectivity index (χ3n) is 2.23. The van der Waals surface area contributed by atoms with Crippen molar-refractivity contribution < 1.29 is 9.78 Å². The van der Waals surface area contributed by atoms with E-state index in [0.717, 1.165) is 4.48 Å². The van der Waals surface area contributed by atoms with Crippen molar-refractivity contribution in [3.8, 4) is 5.75 Å². The summed E-state index contributed by atoms with van der Waals surface area (Å²) in [5, 5.41) is 0. The molecule has 0 fully saturated rings. The topological polar surface area (TPSA) is 18.5 Å². The average molecular weight is 221 g/mol. The lowest BCUT2D eigenvalue weighted by atomic mass is 10.2. The lowest BCUT2D eigenvalue weighted by molar-refractivity contribution is -0.166. The van der Waals surface area contributed by atoms with Crippen molar-refractivity contribution in [1.82, 2.24) is 4.48 Å². The van der Waals surface area contributed by atoms with Gasteiger partial charge in [0.25, 0.3) is 0 Å².